The molecular formula is C17H16Cl2N6O2S. The topological polar surface area (TPSA) is 85.2 Å². The molecule has 1 aliphatic heterocycles. The van der Waals surface area contributed by atoms with Crippen LogP contribution in [0.3, 0.4) is 0 Å². The highest BCUT2D eigenvalue weighted by molar-refractivity contribution is 7.18. The molecule has 2 aromatic heterocycles. The number of carbonyl (C=O) groups is 1. The third-order valence-electron chi connectivity index (χ3n) is 4.14. The zero-order chi connectivity index (χ0) is 19.5. The van der Waals surface area contributed by atoms with Crippen LogP contribution >= 0.6 is 34.5 Å². The summed E-state index contributed by atoms with van der Waals surface area (Å²) in [4.78, 5) is 23.0. The van der Waals surface area contributed by atoms with Gasteiger partial charge in [0.2, 0.25) is 5.91 Å². The predicted molar refractivity (Wildman–Crippen MR) is 108 cm³/mol. The Balaban J connectivity index is 1.61. The van der Waals surface area contributed by atoms with Crippen LogP contribution in [0.25, 0.3) is 16.3 Å². The van der Waals surface area contributed by atoms with E-state index in [1.807, 2.05) is 4.90 Å². The number of ether oxygens (including phenoxy) is 1. The molecule has 146 valence electrons. The van der Waals surface area contributed by atoms with Crippen molar-refractivity contribution in [3.05, 3.63) is 40.9 Å². The van der Waals surface area contributed by atoms with E-state index in [-0.39, 0.29) is 5.91 Å². The van der Waals surface area contributed by atoms with Gasteiger partial charge in [-0.1, -0.05) is 34.5 Å². The van der Waals surface area contributed by atoms with Crippen molar-refractivity contribution in [2.75, 3.05) is 38.2 Å². The largest absolute Gasteiger partial charge is 0.379 e. The van der Waals surface area contributed by atoms with Gasteiger partial charge < -0.3 is 10.1 Å². The van der Waals surface area contributed by atoms with Gasteiger partial charge in [0.1, 0.15) is 23.3 Å². The fourth-order valence-electron chi connectivity index (χ4n) is 2.81. The van der Waals surface area contributed by atoms with Crippen molar-refractivity contribution in [2.45, 2.75) is 0 Å². The SMILES string of the molecule is O=C(CN1CCOCC1)Nc1nc(-c2ccc(Cl)cc2Cl)c(-n2cncn2)s1. The third kappa shape index (κ3) is 4.34. The van der Waals surface area contributed by atoms with Crippen molar-refractivity contribution < 1.29 is 9.53 Å². The van der Waals surface area contributed by atoms with Crippen LogP contribution in [0.15, 0.2) is 30.9 Å². The van der Waals surface area contributed by atoms with Crippen LogP contribution in [0, 0.1) is 0 Å². The highest BCUT2D eigenvalue weighted by Crippen LogP contribution is 2.38. The van der Waals surface area contributed by atoms with E-state index in [4.69, 9.17) is 27.9 Å². The fraction of sp³-hybridized carbons (Fsp3) is 0.294. The normalized spacial score (nSPS) is 14.9. The van der Waals surface area contributed by atoms with Crippen LogP contribution in [-0.4, -0.2) is 63.4 Å². The lowest BCUT2D eigenvalue weighted by Gasteiger charge is -2.25. The van der Waals surface area contributed by atoms with Gasteiger partial charge in [-0.05, 0) is 18.2 Å². The Morgan fingerprint density at radius 1 is 1.29 bits per heavy atom. The molecule has 3 heterocycles. The predicted octanol–water partition coefficient (Wildman–Crippen LogP) is 2.97. The average molecular weight is 439 g/mol. The first-order valence-electron chi connectivity index (χ1n) is 8.51. The molecule has 11 heteroatoms. The summed E-state index contributed by atoms with van der Waals surface area (Å²) >= 11 is 13.7. The van der Waals surface area contributed by atoms with Gasteiger partial charge in [0.25, 0.3) is 0 Å². The molecule has 0 radical (unpaired) electrons. The number of aromatic nitrogens is 4. The molecule has 1 fully saturated rings. The Labute approximate surface area is 175 Å². The van der Waals surface area contributed by atoms with E-state index in [9.17, 15) is 4.79 Å². The van der Waals surface area contributed by atoms with Gasteiger partial charge in [-0.25, -0.2) is 14.6 Å². The number of benzene rings is 1. The number of anilines is 1. The van der Waals surface area contributed by atoms with Crippen molar-refractivity contribution >= 4 is 45.6 Å². The van der Waals surface area contributed by atoms with E-state index < -0.39 is 0 Å². The van der Waals surface area contributed by atoms with Crippen LogP contribution in [0.5, 0.6) is 0 Å². The highest BCUT2D eigenvalue weighted by Gasteiger charge is 2.20. The van der Waals surface area contributed by atoms with E-state index >= 15 is 0 Å². The Bertz CT molecular complexity index is 972. The van der Waals surface area contributed by atoms with Crippen LogP contribution in [0.2, 0.25) is 10.0 Å². The minimum absolute atomic E-state index is 0.130. The summed E-state index contributed by atoms with van der Waals surface area (Å²) in [5, 5.41) is 9.20. The highest BCUT2D eigenvalue weighted by atomic mass is 35.5. The molecule has 0 atom stereocenters. The first-order valence-corrected chi connectivity index (χ1v) is 10.1. The molecule has 1 aliphatic rings. The molecule has 4 rings (SSSR count). The molecule has 0 spiro atoms. The van der Waals surface area contributed by atoms with Crippen LogP contribution in [0.4, 0.5) is 5.13 Å². The maximum absolute atomic E-state index is 12.4. The second-order valence-corrected chi connectivity index (χ2v) is 7.89. The summed E-state index contributed by atoms with van der Waals surface area (Å²) < 4.78 is 6.90. The molecular weight excluding hydrogens is 423 g/mol. The van der Waals surface area contributed by atoms with E-state index in [0.29, 0.717) is 51.2 Å². The Morgan fingerprint density at radius 2 is 2.11 bits per heavy atom. The van der Waals surface area contributed by atoms with E-state index in [2.05, 4.69) is 20.4 Å². The summed E-state index contributed by atoms with van der Waals surface area (Å²) in [5.74, 6) is -0.130. The molecule has 8 nitrogen and oxygen atoms in total. The minimum Gasteiger partial charge on any atom is -0.379 e. The molecule has 28 heavy (non-hydrogen) atoms. The van der Waals surface area contributed by atoms with Gasteiger partial charge in [-0.2, -0.15) is 5.10 Å². The molecule has 0 bridgehead atoms. The van der Waals surface area contributed by atoms with Crippen molar-refractivity contribution in [3.8, 4) is 16.3 Å². The van der Waals surface area contributed by atoms with Gasteiger partial charge in [-0.3, -0.25) is 9.69 Å². The molecule has 0 aliphatic carbocycles. The number of amides is 1. The second kappa shape index (κ2) is 8.54. The Morgan fingerprint density at radius 3 is 2.82 bits per heavy atom. The quantitative estimate of drug-likeness (QED) is 0.658. The van der Waals surface area contributed by atoms with Gasteiger partial charge >= 0.3 is 0 Å². The van der Waals surface area contributed by atoms with Crippen LogP contribution in [0.1, 0.15) is 0 Å². The number of rotatable bonds is 5. The second-order valence-electron chi connectivity index (χ2n) is 6.07. The van der Waals surface area contributed by atoms with E-state index in [1.165, 1.54) is 17.7 Å². The van der Waals surface area contributed by atoms with Crippen molar-refractivity contribution in [1.29, 1.82) is 0 Å². The summed E-state index contributed by atoms with van der Waals surface area (Å²) in [7, 11) is 0. The summed E-state index contributed by atoms with van der Waals surface area (Å²) in [6.45, 7) is 3.04. The molecule has 1 aromatic carbocycles. The number of hydrogen-bond acceptors (Lipinski definition) is 7. The lowest BCUT2D eigenvalue weighted by molar-refractivity contribution is -0.118. The smallest absolute Gasteiger partial charge is 0.240 e. The molecule has 1 saturated heterocycles. The number of morpholine rings is 1. The summed E-state index contributed by atoms with van der Waals surface area (Å²) in [5.41, 5.74) is 1.29. The number of halogens is 2. The maximum atomic E-state index is 12.4. The van der Waals surface area contributed by atoms with Gasteiger partial charge in [0, 0.05) is 23.7 Å². The van der Waals surface area contributed by atoms with Crippen LogP contribution in [-0.2, 0) is 9.53 Å². The Hall–Kier alpha value is -2.04. The van der Waals surface area contributed by atoms with Gasteiger partial charge in [0.15, 0.2) is 5.13 Å². The maximum Gasteiger partial charge on any atom is 0.240 e. The molecule has 0 saturated carbocycles. The van der Waals surface area contributed by atoms with Gasteiger partial charge in [-0.15, -0.1) is 0 Å². The number of hydrogen-bond donors (Lipinski definition) is 1. The zero-order valence-electron chi connectivity index (χ0n) is 14.6. The van der Waals surface area contributed by atoms with Gasteiger partial charge in [0.05, 0.1) is 24.8 Å². The first kappa shape index (κ1) is 19.3. The van der Waals surface area contributed by atoms with Crippen molar-refractivity contribution in [3.63, 3.8) is 0 Å². The number of nitrogens with zero attached hydrogens (tertiary/aromatic N) is 5. The standard InChI is InChI=1S/C17H16Cl2N6O2S/c18-11-1-2-12(13(19)7-11)15-16(25-10-20-9-21-25)28-17(23-15)22-14(26)8-24-3-5-27-6-4-24/h1-2,7,9-10H,3-6,8H2,(H,22,23,26). The summed E-state index contributed by atoms with van der Waals surface area (Å²) in [6, 6.07) is 5.18. The molecule has 1 amide bonds. The third-order valence-corrected chi connectivity index (χ3v) is 5.65. The minimum atomic E-state index is -0.130. The molecule has 1 N–H and O–H groups in total. The Kier molecular flexibility index (Phi) is 5.88. The average Bonchev–Trinajstić information content (AvgIpc) is 3.32. The lowest BCUT2D eigenvalue weighted by atomic mass is 10.1. The fourth-order valence-corrected chi connectivity index (χ4v) is 4.24. The monoisotopic (exact) mass is 438 g/mol. The summed E-state index contributed by atoms with van der Waals surface area (Å²) in [6.07, 6.45) is 3.00. The lowest BCUT2D eigenvalue weighted by Crippen LogP contribution is -2.41. The van der Waals surface area contributed by atoms with E-state index in [1.54, 1.807) is 29.2 Å². The first-order chi connectivity index (χ1) is 13.6. The number of nitrogens with one attached hydrogen (secondary N) is 1. The van der Waals surface area contributed by atoms with Crippen molar-refractivity contribution in [1.82, 2.24) is 24.6 Å². The van der Waals surface area contributed by atoms with E-state index in [0.717, 1.165) is 13.1 Å². The molecule has 0 unspecified atom stereocenters. The zero-order valence-corrected chi connectivity index (χ0v) is 17.0. The van der Waals surface area contributed by atoms with Crippen LogP contribution < -0.4 is 5.32 Å². The molecule has 3 aromatic rings. The number of thiazole rings is 1. The van der Waals surface area contributed by atoms with Crippen molar-refractivity contribution in [2.24, 2.45) is 0 Å². The number of carbonyl (C=O) groups excluding carboxylic acids is 1.